The molecule has 1 amide bonds. The van der Waals surface area contributed by atoms with Crippen molar-refractivity contribution in [1.29, 1.82) is 5.26 Å². The van der Waals surface area contributed by atoms with Crippen molar-refractivity contribution in [3.05, 3.63) is 75.4 Å². The number of nitrogen functional groups attached to an aromatic ring is 2. The van der Waals surface area contributed by atoms with E-state index in [4.69, 9.17) is 23.1 Å². The number of nitrogens with two attached hydrogens (primary N) is 2. The number of fused-ring (bicyclic) bond motifs is 2. The van der Waals surface area contributed by atoms with Crippen LogP contribution >= 0.6 is 22.9 Å². The standard InChI is InChI=1S/C25H18ClF2N5OS/c1-11(12-3-2-7-32-23(12)30)33-8-6-13-14(25(33)34)9-17(28)21(22(13)26)20-16(27)4-5-18-19(20)15(10-29)24(31)35-18/h2-5,7,9,11H,6,8,31H2,1H3,(H2,30,32)/t11-/m1/s1. The maximum absolute atomic E-state index is 15.6. The highest BCUT2D eigenvalue weighted by Crippen LogP contribution is 2.46. The number of halogens is 3. The molecule has 0 bridgehead atoms. The Hall–Kier alpha value is -3.74. The van der Waals surface area contributed by atoms with Gasteiger partial charge in [-0.05, 0) is 43.2 Å². The maximum atomic E-state index is 15.6. The minimum Gasteiger partial charge on any atom is -0.389 e. The van der Waals surface area contributed by atoms with Crippen molar-refractivity contribution < 1.29 is 13.6 Å². The zero-order valence-electron chi connectivity index (χ0n) is 18.4. The second kappa shape index (κ2) is 8.48. The van der Waals surface area contributed by atoms with Crippen molar-refractivity contribution in [3.63, 3.8) is 0 Å². The first-order valence-electron chi connectivity index (χ1n) is 10.7. The summed E-state index contributed by atoms with van der Waals surface area (Å²) in [4.78, 5) is 19.0. The number of aromatic nitrogens is 1. The van der Waals surface area contributed by atoms with Crippen LogP contribution in [-0.2, 0) is 6.42 Å². The molecule has 0 fully saturated rings. The second-order valence-corrected chi connectivity index (χ2v) is 9.69. The fourth-order valence-corrected chi connectivity index (χ4v) is 5.98. The van der Waals surface area contributed by atoms with E-state index in [1.54, 1.807) is 23.2 Å². The van der Waals surface area contributed by atoms with E-state index in [2.05, 4.69) is 4.98 Å². The summed E-state index contributed by atoms with van der Waals surface area (Å²) in [5.74, 6) is -1.70. The van der Waals surface area contributed by atoms with E-state index in [1.807, 2.05) is 13.0 Å². The van der Waals surface area contributed by atoms with Gasteiger partial charge in [-0.25, -0.2) is 13.8 Å². The zero-order valence-corrected chi connectivity index (χ0v) is 20.0. The summed E-state index contributed by atoms with van der Waals surface area (Å²) >= 11 is 7.77. The van der Waals surface area contributed by atoms with Crippen LogP contribution in [0.2, 0.25) is 5.02 Å². The van der Waals surface area contributed by atoms with Gasteiger partial charge >= 0.3 is 0 Å². The first-order valence-corrected chi connectivity index (χ1v) is 11.9. The number of amides is 1. The monoisotopic (exact) mass is 509 g/mol. The Morgan fingerprint density at radius 3 is 2.71 bits per heavy atom. The zero-order chi connectivity index (χ0) is 25.0. The highest BCUT2D eigenvalue weighted by Gasteiger charge is 2.34. The average Bonchev–Trinajstić information content (AvgIpc) is 3.16. The SMILES string of the molecule is C[C@H](c1cccnc1N)N1CCc2c(cc(F)c(-c3c(F)ccc4sc(N)c(C#N)c34)c2Cl)C1=O. The fraction of sp³-hybridized carbons (Fsp3) is 0.160. The van der Waals surface area contributed by atoms with E-state index in [1.165, 1.54) is 12.1 Å². The number of carbonyl (C=O) groups excluding carboxylic acids is 1. The molecule has 0 spiro atoms. The predicted octanol–water partition coefficient (Wildman–Crippen LogP) is 5.69. The Morgan fingerprint density at radius 2 is 2.00 bits per heavy atom. The smallest absolute Gasteiger partial charge is 0.254 e. The molecule has 6 nitrogen and oxygen atoms in total. The third kappa shape index (κ3) is 3.49. The normalized spacial score (nSPS) is 14.1. The molecule has 4 aromatic rings. The van der Waals surface area contributed by atoms with Crippen LogP contribution in [0, 0.1) is 23.0 Å². The van der Waals surface area contributed by atoms with Crippen molar-refractivity contribution in [2.75, 3.05) is 18.0 Å². The number of anilines is 2. The van der Waals surface area contributed by atoms with Gasteiger partial charge < -0.3 is 16.4 Å². The molecule has 0 saturated heterocycles. The second-order valence-electron chi connectivity index (χ2n) is 8.22. The summed E-state index contributed by atoms with van der Waals surface area (Å²) in [6, 6.07) is 8.87. The highest BCUT2D eigenvalue weighted by molar-refractivity contribution is 7.23. The quantitative estimate of drug-likeness (QED) is 0.368. The van der Waals surface area contributed by atoms with Crippen molar-refractivity contribution >= 4 is 49.7 Å². The molecule has 4 N–H and O–H groups in total. The first-order chi connectivity index (χ1) is 16.7. The van der Waals surface area contributed by atoms with Gasteiger partial charge in [0.1, 0.15) is 28.5 Å². The molecule has 2 aromatic heterocycles. The fourth-order valence-electron chi connectivity index (χ4n) is 4.67. The van der Waals surface area contributed by atoms with Crippen LogP contribution in [0.4, 0.5) is 19.6 Å². The lowest BCUT2D eigenvalue weighted by atomic mass is 9.90. The van der Waals surface area contributed by atoms with Gasteiger partial charge in [-0.2, -0.15) is 5.26 Å². The molecule has 0 aliphatic carbocycles. The third-order valence-corrected chi connectivity index (χ3v) is 7.80. The number of nitrogens with zero attached hydrogens (tertiary/aromatic N) is 3. The molecule has 0 radical (unpaired) electrons. The van der Waals surface area contributed by atoms with Gasteiger partial charge in [-0.1, -0.05) is 17.7 Å². The summed E-state index contributed by atoms with van der Waals surface area (Å²) in [6.07, 6.45) is 1.89. The summed E-state index contributed by atoms with van der Waals surface area (Å²) < 4.78 is 31.3. The van der Waals surface area contributed by atoms with E-state index >= 15 is 8.78 Å². The highest BCUT2D eigenvalue weighted by atomic mass is 35.5. The Kier molecular flexibility index (Phi) is 5.58. The van der Waals surface area contributed by atoms with Crippen molar-refractivity contribution in [2.24, 2.45) is 0 Å². The number of nitriles is 1. The van der Waals surface area contributed by atoms with E-state index in [0.717, 1.165) is 17.4 Å². The minimum absolute atomic E-state index is 0.0541. The third-order valence-electron chi connectivity index (χ3n) is 6.40. The van der Waals surface area contributed by atoms with Crippen LogP contribution in [0.3, 0.4) is 0 Å². The first kappa shape index (κ1) is 23.0. The van der Waals surface area contributed by atoms with E-state index in [0.29, 0.717) is 34.6 Å². The van der Waals surface area contributed by atoms with Crippen molar-refractivity contribution in [2.45, 2.75) is 19.4 Å². The Labute approximate surface area is 208 Å². The summed E-state index contributed by atoms with van der Waals surface area (Å²) in [6.45, 7) is 2.12. The molecule has 5 rings (SSSR count). The number of pyridine rings is 1. The number of carbonyl (C=O) groups is 1. The van der Waals surface area contributed by atoms with Gasteiger partial charge in [0, 0.05) is 45.1 Å². The average molecular weight is 510 g/mol. The van der Waals surface area contributed by atoms with Crippen molar-refractivity contribution in [1.82, 2.24) is 9.88 Å². The largest absolute Gasteiger partial charge is 0.389 e. The number of rotatable bonds is 3. The van der Waals surface area contributed by atoms with Crippen LogP contribution in [0.25, 0.3) is 21.2 Å². The Balaban J connectivity index is 1.66. The van der Waals surface area contributed by atoms with Crippen LogP contribution in [0.5, 0.6) is 0 Å². The van der Waals surface area contributed by atoms with Crippen molar-refractivity contribution in [3.8, 4) is 17.2 Å². The molecule has 1 aliphatic heterocycles. The van der Waals surface area contributed by atoms with Crippen LogP contribution in [-0.4, -0.2) is 22.3 Å². The van der Waals surface area contributed by atoms with E-state index < -0.39 is 23.6 Å². The van der Waals surface area contributed by atoms with Gasteiger partial charge in [-0.15, -0.1) is 11.3 Å². The topological polar surface area (TPSA) is 109 Å². The molecule has 1 aliphatic rings. The minimum atomic E-state index is -0.863. The lowest BCUT2D eigenvalue weighted by Crippen LogP contribution is -2.40. The lowest BCUT2D eigenvalue weighted by Gasteiger charge is -2.35. The Morgan fingerprint density at radius 1 is 1.23 bits per heavy atom. The van der Waals surface area contributed by atoms with Gasteiger partial charge in [0.2, 0.25) is 0 Å². The molecule has 0 saturated carbocycles. The molecule has 1 atom stereocenters. The molecule has 10 heteroatoms. The molecule has 3 heterocycles. The van der Waals surface area contributed by atoms with Crippen LogP contribution in [0.1, 0.15) is 40.0 Å². The number of thiophene rings is 1. The Bertz CT molecular complexity index is 1580. The molecule has 176 valence electrons. The molecular formula is C25H18ClF2N5OS. The predicted molar refractivity (Wildman–Crippen MR) is 133 cm³/mol. The summed E-state index contributed by atoms with van der Waals surface area (Å²) in [5, 5.41) is 9.95. The van der Waals surface area contributed by atoms with E-state index in [9.17, 15) is 10.1 Å². The summed E-state index contributed by atoms with van der Waals surface area (Å²) in [7, 11) is 0. The van der Waals surface area contributed by atoms with Gasteiger partial charge in [0.05, 0.1) is 16.6 Å². The molecule has 0 unspecified atom stereocenters. The maximum Gasteiger partial charge on any atom is 0.254 e. The van der Waals surface area contributed by atoms with Gasteiger partial charge in [0.25, 0.3) is 5.91 Å². The number of hydrogen-bond donors (Lipinski definition) is 2. The lowest BCUT2D eigenvalue weighted by molar-refractivity contribution is 0.0672. The number of hydrogen-bond acceptors (Lipinski definition) is 6. The van der Waals surface area contributed by atoms with E-state index in [-0.39, 0.29) is 37.7 Å². The van der Waals surface area contributed by atoms with Crippen LogP contribution in [0.15, 0.2) is 36.5 Å². The van der Waals surface area contributed by atoms with Gasteiger partial charge in [-0.3, -0.25) is 4.79 Å². The van der Waals surface area contributed by atoms with Gasteiger partial charge in [0.15, 0.2) is 0 Å². The molecule has 35 heavy (non-hydrogen) atoms. The molecular weight excluding hydrogens is 492 g/mol. The number of benzene rings is 2. The van der Waals surface area contributed by atoms with Crippen LogP contribution < -0.4 is 11.5 Å². The summed E-state index contributed by atoms with van der Waals surface area (Å²) in [5.41, 5.74) is 12.9. The molecule has 2 aromatic carbocycles.